The van der Waals surface area contributed by atoms with E-state index in [2.05, 4.69) is 93.8 Å². The fourth-order valence-electron chi connectivity index (χ4n) is 5.53. The van der Waals surface area contributed by atoms with Gasteiger partial charge in [-0.2, -0.15) is 0 Å². The van der Waals surface area contributed by atoms with Crippen molar-refractivity contribution >= 4 is 85.2 Å². The van der Waals surface area contributed by atoms with Crippen LogP contribution >= 0.6 is 22.7 Å². The number of hydrogen-bond donors (Lipinski definition) is 0. The largest absolute Gasteiger partial charge is 0.456 e. The Morgan fingerprint density at radius 3 is 1.74 bits per heavy atom. The molecule has 9 rings (SSSR count). The van der Waals surface area contributed by atoms with E-state index >= 15 is 0 Å². The molecule has 0 aliphatic heterocycles. The third-order valence-electron chi connectivity index (χ3n) is 7.33. The lowest BCUT2D eigenvalue weighted by atomic mass is 10.0. The van der Waals surface area contributed by atoms with Crippen LogP contribution in [0.5, 0.6) is 0 Å². The summed E-state index contributed by atoms with van der Waals surface area (Å²) in [6.45, 7) is 0. The second-order valence-electron chi connectivity index (χ2n) is 9.52. The second kappa shape index (κ2) is 7.89. The van der Waals surface area contributed by atoms with Crippen molar-refractivity contribution in [1.29, 1.82) is 0 Å². The number of hydrogen-bond acceptors (Lipinski definition) is 7. The van der Waals surface area contributed by atoms with Crippen LogP contribution in [0.4, 0.5) is 0 Å². The molecule has 0 fully saturated rings. The first-order chi connectivity index (χ1) is 19.3. The zero-order valence-electron chi connectivity index (χ0n) is 20.3. The lowest BCUT2D eigenvalue weighted by Crippen LogP contribution is -1.86. The topological polar surface area (TPSA) is 64.7 Å². The zero-order valence-corrected chi connectivity index (χ0v) is 21.9. The average molecular weight is 537 g/mol. The van der Waals surface area contributed by atoms with E-state index in [0.29, 0.717) is 0 Å². The Morgan fingerprint density at radius 1 is 0.487 bits per heavy atom. The van der Waals surface area contributed by atoms with Gasteiger partial charge in [-0.05, 0) is 42.5 Å². The van der Waals surface area contributed by atoms with E-state index in [4.69, 9.17) is 9.40 Å². The first-order valence-electron chi connectivity index (χ1n) is 12.5. The monoisotopic (exact) mass is 536 g/mol. The highest BCUT2D eigenvalue weighted by molar-refractivity contribution is 7.26. The molecule has 0 amide bonds. The van der Waals surface area contributed by atoms with Crippen LogP contribution in [0, 0.1) is 0 Å². The van der Waals surface area contributed by atoms with Gasteiger partial charge in [-0.25, -0.2) is 19.9 Å². The van der Waals surface area contributed by atoms with Crippen molar-refractivity contribution in [1.82, 2.24) is 19.9 Å². The molecule has 9 aromatic rings. The third kappa shape index (κ3) is 3.05. The normalized spacial score (nSPS) is 12.1. The van der Waals surface area contributed by atoms with Crippen molar-refractivity contribution in [3.63, 3.8) is 0 Å². The van der Waals surface area contributed by atoms with Gasteiger partial charge in [0.1, 0.15) is 23.8 Å². The molecule has 0 aliphatic rings. The molecule has 0 aliphatic carbocycles. The Balaban J connectivity index is 1.22. The van der Waals surface area contributed by atoms with E-state index in [9.17, 15) is 0 Å². The molecule has 4 aromatic carbocycles. The van der Waals surface area contributed by atoms with Crippen LogP contribution in [0.2, 0.25) is 0 Å². The molecule has 5 heterocycles. The van der Waals surface area contributed by atoms with Crippen LogP contribution in [-0.2, 0) is 0 Å². The lowest BCUT2D eigenvalue weighted by Gasteiger charge is -2.03. The summed E-state index contributed by atoms with van der Waals surface area (Å²) in [6.07, 6.45) is 3.32. The number of aromatic nitrogens is 4. The predicted octanol–water partition coefficient (Wildman–Crippen LogP) is 9.24. The van der Waals surface area contributed by atoms with Gasteiger partial charge in [-0.1, -0.05) is 42.5 Å². The minimum absolute atomic E-state index is 0.835. The number of thiophene rings is 2. The molecular weight excluding hydrogens is 521 g/mol. The minimum Gasteiger partial charge on any atom is -0.456 e. The molecule has 39 heavy (non-hydrogen) atoms. The number of rotatable bonds is 2. The molecule has 0 unspecified atom stereocenters. The minimum atomic E-state index is 0.835. The van der Waals surface area contributed by atoms with Gasteiger partial charge in [0.05, 0.1) is 31.8 Å². The summed E-state index contributed by atoms with van der Waals surface area (Å²) in [5.74, 6) is 0. The van der Waals surface area contributed by atoms with Gasteiger partial charge >= 0.3 is 0 Å². The van der Waals surface area contributed by atoms with Gasteiger partial charge < -0.3 is 4.42 Å². The van der Waals surface area contributed by atoms with Crippen LogP contribution in [0.25, 0.3) is 85.1 Å². The van der Waals surface area contributed by atoms with Crippen molar-refractivity contribution in [3.05, 3.63) is 97.6 Å². The Morgan fingerprint density at radius 2 is 1.08 bits per heavy atom. The van der Waals surface area contributed by atoms with E-state index in [1.165, 1.54) is 14.8 Å². The standard InChI is InChI=1S/C32H16N4OS2/c1-3-7-25-20(5-1)29-31(38-25)27(33-15-35-29)17-10-12-23-22(13-17)19-11-9-18(14-24(19)37-23)28-32-30(36-16-34-28)21-6-2-4-8-26(21)39-32/h1-16H. The van der Waals surface area contributed by atoms with Gasteiger partial charge in [0, 0.05) is 42.1 Å². The Kier molecular flexibility index (Phi) is 4.30. The molecule has 182 valence electrons. The highest BCUT2D eigenvalue weighted by Gasteiger charge is 2.17. The number of furan rings is 1. The molecule has 0 atom stereocenters. The van der Waals surface area contributed by atoms with Crippen molar-refractivity contribution < 1.29 is 4.42 Å². The summed E-state index contributed by atoms with van der Waals surface area (Å²) in [7, 11) is 0. The van der Waals surface area contributed by atoms with Crippen molar-refractivity contribution in [2.24, 2.45) is 0 Å². The van der Waals surface area contributed by atoms with Gasteiger partial charge in [-0.15, -0.1) is 22.7 Å². The van der Waals surface area contributed by atoms with Gasteiger partial charge in [0.25, 0.3) is 0 Å². The maximum absolute atomic E-state index is 6.34. The molecule has 5 aromatic heterocycles. The molecule has 0 saturated carbocycles. The first kappa shape index (κ1) is 21.2. The SMILES string of the molecule is c1ccc2c(c1)sc1c(-c3ccc4c(c3)oc3ccc(-c5ncnc6c5sc5ccccc56)cc34)ncnc12. The Bertz CT molecular complexity index is 2420. The molecule has 0 radical (unpaired) electrons. The summed E-state index contributed by atoms with van der Waals surface area (Å²) in [6, 6.07) is 29.4. The van der Waals surface area contributed by atoms with E-state index in [0.717, 1.165) is 70.3 Å². The highest BCUT2D eigenvalue weighted by atomic mass is 32.1. The first-order valence-corrected chi connectivity index (χ1v) is 14.2. The molecular formula is C32H16N4OS2. The van der Waals surface area contributed by atoms with Gasteiger partial charge in [0.2, 0.25) is 0 Å². The quantitative estimate of drug-likeness (QED) is 0.220. The molecule has 5 nitrogen and oxygen atoms in total. The van der Waals surface area contributed by atoms with E-state index in [1.807, 2.05) is 6.07 Å². The summed E-state index contributed by atoms with van der Waals surface area (Å²) in [5, 5.41) is 4.47. The fraction of sp³-hybridized carbons (Fsp3) is 0. The molecule has 7 heteroatoms. The van der Waals surface area contributed by atoms with Crippen molar-refractivity contribution in [3.8, 4) is 22.5 Å². The van der Waals surface area contributed by atoms with Gasteiger partial charge in [-0.3, -0.25) is 0 Å². The van der Waals surface area contributed by atoms with Gasteiger partial charge in [0.15, 0.2) is 0 Å². The van der Waals surface area contributed by atoms with Crippen LogP contribution in [0.1, 0.15) is 0 Å². The summed E-state index contributed by atoms with van der Waals surface area (Å²) < 4.78 is 11.0. The van der Waals surface area contributed by atoms with E-state index < -0.39 is 0 Å². The third-order valence-corrected chi connectivity index (χ3v) is 9.67. The van der Waals surface area contributed by atoms with Crippen LogP contribution in [0.15, 0.2) is 102 Å². The van der Waals surface area contributed by atoms with Crippen LogP contribution in [0.3, 0.4) is 0 Å². The Labute approximate surface area is 229 Å². The molecule has 0 spiro atoms. The maximum Gasteiger partial charge on any atom is 0.136 e. The maximum atomic E-state index is 6.34. The predicted molar refractivity (Wildman–Crippen MR) is 162 cm³/mol. The number of nitrogens with zero attached hydrogens (tertiary/aromatic N) is 4. The van der Waals surface area contributed by atoms with Crippen molar-refractivity contribution in [2.75, 3.05) is 0 Å². The van der Waals surface area contributed by atoms with Crippen LogP contribution in [-0.4, -0.2) is 19.9 Å². The van der Waals surface area contributed by atoms with E-state index in [-0.39, 0.29) is 0 Å². The summed E-state index contributed by atoms with van der Waals surface area (Å²) in [4.78, 5) is 18.6. The zero-order chi connectivity index (χ0) is 25.5. The molecule has 0 N–H and O–H groups in total. The van der Waals surface area contributed by atoms with E-state index in [1.54, 1.807) is 35.3 Å². The second-order valence-corrected chi connectivity index (χ2v) is 11.6. The number of benzene rings is 4. The highest BCUT2D eigenvalue weighted by Crippen LogP contribution is 2.41. The summed E-state index contributed by atoms with van der Waals surface area (Å²) in [5.41, 5.74) is 7.62. The van der Waals surface area contributed by atoms with Crippen LogP contribution < -0.4 is 0 Å². The molecule has 0 bridgehead atoms. The smallest absolute Gasteiger partial charge is 0.136 e. The lowest BCUT2D eigenvalue weighted by molar-refractivity contribution is 0.669. The van der Waals surface area contributed by atoms with Crippen molar-refractivity contribution in [2.45, 2.75) is 0 Å². The number of fused-ring (bicyclic) bond motifs is 9. The molecule has 0 saturated heterocycles. The fourth-order valence-corrected chi connectivity index (χ4v) is 7.87. The average Bonchev–Trinajstić information content (AvgIpc) is 3.67. The Hall–Kier alpha value is -4.72. The summed E-state index contributed by atoms with van der Waals surface area (Å²) >= 11 is 3.47.